The second kappa shape index (κ2) is 6.68. The molecule has 0 saturated heterocycles. The lowest BCUT2D eigenvalue weighted by Crippen LogP contribution is -2.32. The standard InChI is InChI=1S/C14H16O5/c1-4-19-14(17)12(9(2)15)13(16)10-7-5-6-8-11(10)18-3/h5-8,12H,4H2,1-3H3/t12-/m1/s1. The van der Waals surface area contributed by atoms with Gasteiger partial charge in [-0.1, -0.05) is 12.1 Å². The molecule has 0 aliphatic rings. The Morgan fingerprint density at radius 2 is 1.84 bits per heavy atom. The van der Waals surface area contributed by atoms with Gasteiger partial charge >= 0.3 is 5.97 Å². The van der Waals surface area contributed by atoms with Crippen molar-refractivity contribution in [2.24, 2.45) is 5.92 Å². The van der Waals surface area contributed by atoms with Crippen molar-refractivity contribution in [1.29, 1.82) is 0 Å². The molecule has 1 atom stereocenters. The Hall–Kier alpha value is -2.17. The van der Waals surface area contributed by atoms with Gasteiger partial charge in [-0.05, 0) is 26.0 Å². The monoisotopic (exact) mass is 264 g/mol. The van der Waals surface area contributed by atoms with E-state index in [0.29, 0.717) is 5.75 Å². The number of hydrogen-bond donors (Lipinski definition) is 0. The molecule has 19 heavy (non-hydrogen) atoms. The summed E-state index contributed by atoms with van der Waals surface area (Å²) in [6.07, 6.45) is 0. The molecular weight excluding hydrogens is 248 g/mol. The van der Waals surface area contributed by atoms with Gasteiger partial charge in [0.05, 0.1) is 19.3 Å². The van der Waals surface area contributed by atoms with E-state index in [1.807, 2.05) is 0 Å². The van der Waals surface area contributed by atoms with E-state index in [9.17, 15) is 14.4 Å². The number of hydrogen-bond acceptors (Lipinski definition) is 5. The first kappa shape index (κ1) is 14.9. The predicted molar refractivity (Wildman–Crippen MR) is 68.1 cm³/mol. The Morgan fingerprint density at radius 3 is 2.37 bits per heavy atom. The van der Waals surface area contributed by atoms with Crippen molar-refractivity contribution in [2.75, 3.05) is 13.7 Å². The summed E-state index contributed by atoms with van der Waals surface area (Å²) < 4.78 is 9.81. The lowest BCUT2D eigenvalue weighted by molar-refractivity contribution is -0.148. The third-order valence-electron chi connectivity index (χ3n) is 2.56. The van der Waals surface area contributed by atoms with Gasteiger partial charge in [-0.2, -0.15) is 0 Å². The van der Waals surface area contributed by atoms with Crippen LogP contribution in [0.3, 0.4) is 0 Å². The predicted octanol–water partition coefficient (Wildman–Crippen LogP) is 1.65. The highest BCUT2D eigenvalue weighted by molar-refractivity contribution is 6.22. The number of para-hydroxylation sites is 1. The first-order valence-electron chi connectivity index (χ1n) is 5.87. The van der Waals surface area contributed by atoms with E-state index < -0.39 is 23.5 Å². The van der Waals surface area contributed by atoms with Crippen molar-refractivity contribution in [1.82, 2.24) is 0 Å². The molecule has 0 fully saturated rings. The fraction of sp³-hybridized carbons (Fsp3) is 0.357. The van der Waals surface area contributed by atoms with E-state index in [0.717, 1.165) is 0 Å². The van der Waals surface area contributed by atoms with Gasteiger partial charge in [0, 0.05) is 0 Å². The molecule has 0 bridgehead atoms. The highest BCUT2D eigenvalue weighted by Gasteiger charge is 2.34. The van der Waals surface area contributed by atoms with Crippen LogP contribution in [-0.2, 0) is 14.3 Å². The van der Waals surface area contributed by atoms with Crippen LogP contribution in [0.1, 0.15) is 24.2 Å². The van der Waals surface area contributed by atoms with E-state index in [-0.39, 0.29) is 12.2 Å². The number of ketones is 2. The van der Waals surface area contributed by atoms with Gasteiger partial charge in [0.2, 0.25) is 0 Å². The van der Waals surface area contributed by atoms with Gasteiger partial charge in [0.15, 0.2) is 17.5 Å². The molecule has 1 aromatic carbocycles. The normalized spacial score (nSPS) is 11.5. The first-order chi connectivity index (χ1) is 9.02. The molecule has 0 amide bonds. The average Bonchev–Trinajstić information content (AvgIpc) is 2.38. The Balaban J connectivity index is 3.13. The fourth-order valence-electron chi connectivity index (χ4n) is 1.69. The SMILES string of the molecule is CCOC(=O)[C@H](C(C)=O)C(=O)c1ccccc1OC. The van der Waals surface area contributed by atoms with Crippen LogP contribution in [0.4, 0.5) is 0 Å². The second-order valence-electron chi connectivity index (χ2n) is 3.86. The summed E-state index contributed by atoms with van der Waals surface area (Å²) in [4.78, 5) is 35.5. The lowest BCUT2D eigenvalue weighted by atomic mass is 9.94. The van der Waals surface area contributed by atoms with Crippen LogP contribution in [0.15, 0.2) is 24.3 Å². The van der Waals surface area contributed by atoms with Crippen LogP contribution in [0.2, 0.25) is 0 Å². The average molecular weight is 264 g/mol. The maximum atomic E-state index is 12.3. The minimum atomic E-state index is -1.43. The molecule has 102 valence electrons. The Kier molecular flexibility index (Phi) is 5.23. The van der Waals surface area contributed by atoms with Crippen molar-refractivity contribution >= 4 is 17.5 Å². The molecule has 0 saturated carbocycles. The minimum absolute atomic E-state index is 0.113. The van der Waals surface area contributed by atoms with Crippen LogP contribution in [0.5, 0.6) is 5.75 Å². The molecule has 5 heteroatoms. The number of ether oxygens (including phenoxy) is 2. The van der Waals surface area contributed by atoms with E-state index in [1.165, 1.54) is 20.1 Å². The quantitative estimate of drug-likeness (QED) is 0.444. The van der Waals surface area contributed by atoms with Crippen molar-refractivity contribution in [2.45, 2.75) is 13.8 Å². The molecule has 0 heterocycles. The summed E-state index contributed by atoms with van der Waals surface area (Å²) in [5.41, 5.74) is 0.193. The molecule has 0 aliphatic carbocycles. The van der Waals surface area contributed by atoms with E-state index in [4.69, 9.17) is 9.47 Å². The number of Topliss-reactive ketones (excluding diaryl/α,β-unsaturated/α-hetero) is 2. The zero-order valence-electron chi connectivity index (χ0n) is 11.1. The highest BCUT2D eigenvalue weighted by Crippen LogP contribution is 2.22. The van der Waals surface area contributed by atoms with Gasteiger partial charge < -0.3 is 9.47 Å². The van der Waals surface area contributed by atoms with Crippen LogP contribution >= 0.6 is 0 Å². The molecule has 0 unspecified atom stereocenters. The third kappa shape index (κ3) is 3.40. The van der Waals surface area contributed by atoms with Gasteiger partial charge in [-0.15, -0.1) is 0 Å². The molecule has 5 nitrogen and oxygen atoms in total. The van der Waals surface area contributed by atoms with Crippen molar-refractivity contribution in [3.8, 4) is 5.75 Å². The van der Waals surface area contributed by atoms with Gasteiger partial charge in [-0.3, -0.25) is 14.4 Å². The van der Waals surface area contributed by atoms with Crippen LogP contribution in [-0.4, -0.2) is 31.3 Å². The smallest absolute Gasteiger partial charge is 0.324 e. The molecule has 1 aromatic rings. The van der Waals surface area contributed by atoms with Gasteiger partial charge in [-0.25, -0.2) is 0 Å². The first-order valence-corrected chi connectivity index (χ1v) is 5.87. The summed E-state index contributed by atoms with van der Waals surface area (Å²) in [5.74, 6) is -3.09. The molecule has 0 aliphatic heterocycles. The number of esters is 1. The lowest BCUT2D eigenvalue weighted by Gasteiger charge is -2.13. The topological polar surface area (TPSA) is 69.7 Å². The Bertz CT molecular complexity index is 492. The van der Waals surface area contributed by atoms with Crippen LogP contribution < -0.4 is 4.74 Å². The Morgan fingerprint density at radius 1 is 1.21 bits per heavy atom. The van der Waals surface area contributed by atoms with Crippen LogP contribution in [0.25, 0.3) is 0 Å². The molecular formula is C14H16O5. The number of benzene rings is 1. The zero-order valence-corrected chi connectivity index (χ0v) is 11.1. The van der Waals surface area contributed by atoms with E-state index >= 15 is 0 Å². The summed E-state index contributed by atoms with van der Waals surface area (Å²) in [7, 11) is 1.42. The second-order valence-corrected chi connectivity index (χ2v) is 3.86. The number of methoxy groups -OCH3 is 1. The van der Waals surface area contributed by atoms with Crippen molar-refractivity contribution in [3.63, 3.8) is 0 Å². The molecule has 0 aromatic heterocycles. The number of carbonyl (C=O) groups is 3. The summed E-state index contributed by atoms with van der Waals surface area (Å²) in [6.45, 7) is 2.92. The van der Waals surface area contributed by atoms with Crippen molar-refractivity contribution < 1.29 is 23.9 Å². The highest BCUT2D eigenvalue weighted by atomic mass is 16.5. The van der Waals surface area contributed by atoms with Gasteiger partial charge in [0.1, 0.15) is 5.75 Å². The summed E-state index contributed by atoms with van der Waals surface area (Å²) in [5, 5.41) is 0. The van der Waals surface area contributed by atoms with Gasteiger partial charge in [0.25, 0.3) is 0 Å². The molecule has 0 radical (unpaired) electrons. The Labute approximate surface area is 111 Å². The van der Waals surface area contributed by atoms with Crippen molar-refractivity contribution in [3.05, 3.63) is 29.8 Å². The minimum Gasteiger partial charge on any atom is -0.496 e. The summed E-state index contributed by atoms with van der Waals surface area (Å²) >= 11 is 0. The molecule has 1 rings (SSSR count). The van der Waals surface area contributed by atoms with E-state index in [1.54, 1.807) is 25.1 Å². The maximum absolute atomic E-state index is 12.3. The third-order valence-corrected chi connectivity index (χ3v) is 2.56. The van der Waals surface area contributed by atoms with Crippen LogP contribution in [0, 0.1) is 5.92 Å². The summed E-state index contributed by atoms with van der Waals surface area (Å²) in [6, 6.07) is 6.44. The number of rotatable bonds is 6. The molecule has 0 spiro atoms. The fourth-order valence-corrected chi connectivity index (χ4v) is 1.69. The molecule has 0 N–H and O–H groups in total. The number of carbonyl (C=O) groups excluding carboxylic acids is 3. The zero-order chi connectivity index (χ0) is 14.4. The largest absolute Gasteiger partial charge is 0.496 e. The maximum Gasteiger partial charge on any atom is 0.324 e. The van der Waals surface area contributed by atoms with E-state index in [2.05, 4.69) is 0 Å².